The number of thiophene rings is 1. The first-order chi connectivity index (χ1) is 11.0. The lowest BCUT2D eigenvalue weighted by Gasteiger charge is -2.19. The van der Waals surface area contributed by atoms with E-state index >= 15 is 0 Å². The molecule has 0 radical (unpaired) electrons. The van der Waals surface area contributed by atoms with Gasteiger partial charge >= 0.3 is 5.69 Å². The minimum Gasteiger partial charge on any atom is -0.337 e. The molecule has 0 aromatic carbocycles. The molecule has 2 heterocycles. The van der Waals surface area contributed by atoms with E-state index in [0.29, 0.717) is 24.8 Å². The van der Waals surface area contributed by atoms with Crippen LogP contribution < -0.4 is 5.69 Å². The lowest BCUT2D eigenvalue weighted by Crippen LogP contribution is -2.31. The monoisotopic (exact) mass is 374 g/mol. The Bertz CT molecular complexity index is 710. The van der Waals surface area contributed by atoms with Gasteiger partial charge in [0.1, 0.15) is 0 Å². The molecule has 0 saturated carbocycles. The molecule has 0 aliphatic heterocycles. The van der Waals surface area contributed by atoms with Crippen molar-refractivity contribution < 1.29 is 4.79 Å². The summed E-state index contributed by atoms with van der Waals surface area (Å²) in [4.78, 5) is 26.8. The van der Waals surface area contributed by atoms with E-state index in [0.717, 1.165) is 15.6 Å². The fourth-order valence-corrected chi connectivity index (χ4v) is 4.03. The summed E-state index contributed by atoms with van der Waals surface area (Å²) in [5.74, 6) is 0.265. The van der Waals surface area contributed by atoms with Crippen LogP contribution in [0.2, 0.25) is 4.34 Å². The molecule has 1 N–H and O–H groups in total. The number of nitrogens with one attached hydrogen (secondary N) is 1. The van der Waals surface area contributed by atoms with Crippen LogP contribution in [0, 0.1) is 0 Å². The molecule has 6 nitrogen and oxygen atoms in total. The van der Waals surface area contributed by atoms with Crippen molar-refractivity contribution in [1.29, 1.82) is 0 Å². The Hall–Kier alpha value is -1.25. The van der Waals surface area contributed by atoms with Gasteiger partial charge in [0.2, 0.25) is 5.91 Å². The number of H-pyrrole nitrogens is 1. The van der Waals surface area contributed by atoms with E-state index in [9.17, 15) is 9.59 Å². The van der Waals surface area contributed by atoms with Crippen molar-refractivity contribution in [3.05, 3.63) is 31.8 Å². The topological polar surface area (TPSA) is 71.0 Å². The van der Waals surface area contributed by atoms with Gasteiger partial charge < -0.3 is 4.90 Å². The number of hydrogen-bond acceptors (Lipinski definition) is 5. The summed E-state index contributed by atoms with van der Waals surface area (Å²) < 4.78 is 2.28. The number of halogens is 1. The SMILES string of the molecule is CCCn1c(SCC(=O)N(CC)Cc2ccc(Cl)s2)n[nH]c1=O. The van der Waals surface area contributed by atoms with Crippen LogP contribution in [0.3, 0.4) is 0 Å². The summed E-state index contributed by atoms with van der Waals surface area (Å²) in [6.45, 7) is 5.70. The Kier molecular flexibility index (Phi) is 6.73. The zero-order valence-corrected chi connectivity index (χ0v) is 15.4. The molecule has 9 heteroatoms. The molecule has 126 valence electrons. The highest BCUT2D eigenvalue weighted by molar-refractivity contribution is 7.99. The van der Waals surface area contributed by atoms with Crippen LogP contribution in [0.25, 0.3) is 0 Å². The molecule has 2 aromatic heterocycles. The van der Waals surface area contributed by atoms with Gasteiger partial charge in [-0.1, -0.05) is 30.3 Å². The average Bonchev–Trinajstić information content (AvgIpc) is 3.10. The molecule has 0 atom stereocenters. The maximum absolute atomic E-state index is 12.4. The van der Waals surface area contributed by atoms with Gasteiger partial charge in [0.05, 0.1) is 16.6 Å². The highest BCUT2D eigenvalue weighted by Gasteiger charge is 2.16. The standard InChI is InChI=1S/C14H19ClN4O2S2/c1-3-7-19-13(21)16-17-14(19)22-9-12(20)18(4-2)8-10-5-6-11(15)23-10/h5-6H,3-4,7-9H2,1-2H3,(H,16,21). The molecule has 2 rings (SSSR count). The first-order valence-corrected chi connectivity index (χ1v) is 9.53. The largest absolute Gasteiger partial charge is 0.343 e. The molecule has 0 spiro atoms. The zero-order chi connectivity index (χ0) is 16.8. The number of amides is 1. The molecule has 2 aromatic rings. The summed E-state index contributed by atoms with van der Waals surface area (Å²) in [6, 6.07) is 3.77. The second-order valence-electron chi connectivity index (χ2n) is 4.87. The maximum atomic E-state index is 12.4. The number of thioether (sulfide) groups is 1. The molecule has 0 fully saturated rings. The number of aromatic amines is 1. The number of nitrogens with zero attached hydrogens (tertiary/aromatic N) is 3. The molecular weight excluding hydrogens is 356 g/mol. The Morgan fingerprint density at radius 2 is 2.26 bits per heavy atom. The fraction of sp³-hybridized carbons (Fsp3) is 0.500. The van der Waals surface area contributed by atoms with Gasteiger partial charge in [-0.05, 0) is 25.5 Å². The van der Waals surface area contributed by atoms with E-state index in [-0.39, 0.29) is 17.3 Å². The van der Waals surface area contributed by atoms with Crippen LogP contribution in [0.5, 0.6) is 0 Å². The molecule has 1 amide bonds. The van der Waals surface area contributed by atoms with E-state index in [1.54, 1.807) is 9.47 Å². The van der Waals surface area contributed by atoms with Gasteiger partial charge in [0, 0.05) is 18.0 Å². The number of carbonyl (C=O) groups excluding carboxylic acids is 1. The predicted octanol–water partition coefficient (Wildman–Crippen LogP) is 2.84. The van der Waals surface area contributed by atoms with Gasteiger partial charge in [0.15, 0.2) is 5.16 Å². The molecular formula is C14H19ClN4O2S2. The van der Waals surface area contributed by atoms with Gasteiger partial charge in [0.25, 0.3) is 0 Å². The van der Waals surface area contributed by atoms with Crippen molar-refractivity contribution >= 4 is 40.6 Å². The molecule has 0 aliphatic carbocycles. The van der Waals surface area contributed by atoms with E-state index in [1.807, 2.05) is 26.0 Å². The average molecular weight is 375 g/mol. The first kappa shape index (κ1) is 18.1. The normalized spacial score (nSPS) is 10.9. The smallest absolute Gasteiger partial charge is 0.337 e. The highest BCUT2D eigenvalue weighted by atomic mass is 35.5. The Morgan fingerprint density at radius 3 is 2.87 bits per heavy atom. The summed E-state index contributed by atoms with van der Waals surface area (Å²) >= 11 is 8.68. The third kappa shape index (κ3) is 4.86. The summed E-state index contributed by atoms with van der Waals surface area (Å²) in [5.41, 5.74) is -0.234. The van der Waals surface area contributed by atoms with Gasteiger partial charge in [-0.2, -0.15) is 0 Å². The third-order valence-electron chi connectivity index (χ3n) is 3.21. The Balaban J connectivity index is 1.96. The molecule has 0 aliphatic rings. The molecule has 0 unspecified atom stereocenters. The van der Waals surface area contributed by atoms with Crippen molar-refractivity contribution in [1.82, 2.24) is 19.7 Å². The van der Waals surface area contributed by atoms with E-state index < -0.39 is 0 Å². The first-order valence-electron chi connectivity index (χ1n) is 7.35. The van der Waals surface area contributed by atoms with Crippen LogP contribution in [0.15, 0.2) is 22.1 Å². The number of hydrogen-bond donors (Lipinski definition) is 1. The van der Waals surface area contributed by atoms with Crippen LogP contribution in [-0.2, 0) is 17.9 Å². The summed E-state index contributed by atoms with van der Waals surface area (Å²) in [5, 5.41) is 6.97. The summed E-state index contributed by atoms with van der Waals surface area (Å²) in [6.07, 6.45) is 0.834. The van der Waals surface area contributed by atoms with Crippen LogP contribution >= 0.6 is 34.7 Å². The maximum Gasteiger partial charge on any atom is 0.343 e. The van der Waals surface area contributed by atoms with Crippen LogP contribution in [0.4, 0.5) is 0 Å². The second kappa shape index (κ2) is 8.56. The fourth-order valence-electron chi connectivity index (χ4n) is 2.05. The Labute approximate surface area is 147 Å². The van der Waals surface area contributed by atoms with Crippen LogP contribution in [-0.4, -0.2) is 37.9 Å². The van der Waals surface area contributed by atoms with Crippen molar-refractivity contribution in [2.24, 2.45) is 0 Å². The summed E-state index contributed by atoms with van der Waals surface area (Å²) in [7, 11) is 0. The van der Waals surface area contributed by atoms with Crippen molar-refractivity contribution in [3.8, 4) is 0 Å². The van der Waals surface area contributed by atoms with Crippen molar-refractivity contribution in [2.75, 3.05) is 12.3 Å². The highest BCUT2D eigenvalue weighted by Crippen LogP contribution is 2.23. The van der Waals surface area contributed by atoms with Gasteiger partial charge in [-0.15, -0.1) is 16.4 Å². The quantitative estimate of drug-likeness (QED) is 0.721. The van der Waals surface area contributed by atoms with Gasteiger partial charge in [-0.3, -0.25) is 9.36 Å². The minimum atomic E-state index is -0.234. The van der Waals surface area contributed by atoms with Crippen molar-refractivity contribution in [3.63, 3.8) is 0 Å². The zero-order valence-electron chi connectivity index (χ0n) is 13.0. The molecule has 0 bridgehead atoms. The third-order valence-corrected chi connectivity index (χ3v) is 5.38. The molecule has 0 saturated heterocycles. The lowest BCUT2D eigenvalue weighted by atomic mass is 10.4. The Morgan fingerprint density at radius 1 is 1.48 bits per heavy atom. The molecule has 23 heavy (non-hydrogen) atoms. The number of aromatic nitrogens is 3. The number of carbonyl (C=O) groups is 1. The van der Waals surface area contributed by atoms with E-state index in [4.69, 9.17) is 11.6 Å². The van der Waals surface area contributed by atoms with E-state index in [1.165, 1.54) is 23.1 Å². The number of rotatable bonds is 8. The van der Waals surface area contributed by atoms with Crippen molar-refractivity contribution in [2.45, 2.75) is 38.5 Å². The minimum absolute atomic E-state index is 0.0144. The van der Waals surface area contributed by atoms with Gasteiger partial charge in [-0.25, -0.2) is 9.89 Å². The predicted molar refractivity (Wildman–Crippen MR) is 94.3 cm³/mol. The van der Waals surface area contributed by atoms with E-state index in [2.05, 4.69) is 10.2 Å². The lowest BCUT2D eigenvalue weighted by molar-refractivity contribution is -0.128. The van der Waals surface area contributed by atoms with Crippen LogP contribution in [0.1, 0.15) is 25.1 Å². The second-order valence-corrected chi connectivity index (χ2v) is 7.61.